The highest BCUT2D eigenvalue weighted by Crippen LogP contribution is 2.42. The fourth-order valence-electron chi connectivity index (χ4n) is 5.85. The lowest BCUT2D eigenvalue weighted by atomic mass is 9.84. The minimum atomic E-state index is -0.805. The average molecular weight is 551 g/mol. The number of pyridine rings is 1. The number of aldehydes is 1. The molecule has 0 radical (unpaired) electrons. The summed E-state index contributed by atoms with van der Waals surface area (Å²) in [4.78, 5) is 18.8. The number of halogens is 1. The Bertz CT molecular complexity index is 1560. The van der Waals surface area contributed by atoms with E-state index in [2.05, 4.69) is 28.1 Å². The smallest absolute Gasteiger partial charge is 0.226 e. The molecule has 0 unspecified atom stereocenters. The quantitative estimate of drug-likeness (QED) is 0.255. The first kappa shape index (κ1) is 26.5. The molecule has 6 heteroatoms. The van der Waals surface area contributed by atoms with Crippen molar-refractivity contribution in [3.8, 4) is 22.8 Å². The molecule has 202 valence electrons. The Balaban J connectivity index is 1.22. The van der Waals surface area contributed by atoms with Crippen molar-refractivity contribution < 1.29 is 14.6 Å². The highest BCUT2D eigenvalue weighted by Gasteiger charge is 2.33. The number of ether oxygens (including phenoxy) is 1. The maximum absolute atomic E-state index is 11.8. The van der Waals surface area contributed by atoms with Crippen LogP contribution in [0, 0.1) is 0 Å². The van der Waals surface area contributed by atoms with Gasteiger partial charge in [-0.15, -0.1) is 0 Å². The van der Waals surface area contributed by atoms with Crippen LogP contribution in [-0.4, -0.2) is 40.9 Å². The van der Waals surface area contributed by atoms with E-state index in [9.17, 15) is 9.90 Å². The maximum Gasteiger partial charge on any atom is 0.226 e. The molecule has 3 heterocycles. The molecule has 1 saturated heterocycles. The van der Waals surface area contributed by atoms with Gasteiger partial charge in [0, 0.05) is 54.0 Å². The van der Waals surface area contributed by atoms with Crippen LogP contribution in [0.4, 0.5) is 0 Å². The summed E-state index contributed by atoms with van der Waals surface area (Å²) >= 11 is 6.04. The molecule has 1 aromatic heterocycles. The molecule has 0 bridgehead atoms. The first-order valence-electron chi connectivity index (χ1n) is 13.7. The highest BCUT2D eigenvalue weighted by atomic mass is 35.5. The number of likely N-dealkylation sites (tertiary alicyclic amines) is 1. The van der Waals surface area contributed by atoms with Gasteiger partial charge in [-0.3, -0.25) is 4.79 Å². The van der Waals surface area contributed by atoms with E-state index in [1.165, 1.54) is 0 Å². The normalized spacial score (nSPS) is 17.4. The van der Waals surface area contributed by atoms with Gasteiger partial charge >= 0.3 is 0 Å². The van der Waals surface area contributed by atoms with Crippen molar-refractivity contribution in [3.63, 3.8) is 0 Å². The van der Waals surface area contributed by atoms with Gasteiger partial charge in [-0.1, -0.05) is 66.2 Å². The number of allylic oxidation sites excluding steroid dienone is 1. The first-order valence-corrected chi connectivity index (χ1v) is 14.1. The molecule has 3 aromatic carbocycles. The lowest BCUT2D eigenvalue weighted by molar-refractivity contribution is -0.0254. The zero-order valence-corrected chi connectivity index (χ0v) is 23.0. The van der Waals surface area contributed by atoms with Crippen molar-refractivity contribution in [2.45, 2.75) is 31.3 Å². The molecular weight excluding hydrogens is 520 g/mol. The predicted octanol–water partition coefficient (Wildman–Crippen LogP) is 7.32. The Morgan fingerprint density at radius 2 is 1.68 bits per heavy atom. The van der Waals surface area contributed by atoms with Crippen molar-refractivity contribution in [2.75, 3.05) is 19.6 Å². The number of carbonyl (C=O) groups is 1. The molecule has 40 heavy (non-hydrogen) atoms. The Morgan fingerprint density at radius 3 is 2.48 bits per heavy atom. The Labute approximate surface area is 239 Å². The summed E-state index contributed by atoms with van der Waals surface area (Å²) in [7, 11) is 0. The van der Waals surface area contributed by atoms with Crippen LogP contribution in [0.15, 0.2) is 91.1 Å². The number of benzene rings is 3. The largest absolute Gasteiger partial charge is 0.438 e. The van der Waals surface area contributed by atoms with Crippen LogP contribution in [0.3, 0.4) is 0 Å². The zero-order valence-electron chi connectivity index (χ0n) is 22.2. The summed E-state index contributed by atoms with van der Waals surface area (Å²) < 4.78 is 6.35. The fourth-order valence-corrected chi connectivity index (χ4v) is 5.97. The minimum Gasteiger partial charge on any atom is -0.438 e. The van der Waals surface area contributed by atoms with E-state index in [-0.39, 0.29) is 0 Å². The SMILES string of the molecule is O=Cc1ccccc1-c1cccc2c1C/C(=C/CCN1CCC(O)(c3ccc(Cl)cc3)CC1)c1cccnc1O2. The highest BCUT2D eigenvalue weighted by molar-refractivity contribution is 6.30. The summed E-state index contributed by atoms with van der Waals surface area (Å²) in [5, 5.41) is 11.9. The molecular formula is C34H31ClN2O3. The van der Waals surface area contributed by atoms with Crippen molar-refractivity contribution in [3.05, 3.63) is 118 Å². The van der Waals surface area contributed by atoms with E-state index in [1.54, 1.807) is 6.20 Å². The molecule has 0 amide bonds. The van der Waals surface area contributed by atoms with Gasteiger partial charge in [-0.05, 0) is 71.9 Å². The van der Waals surface area contributed by atoms with Crippen molar-refractivity contribution >= 4 is 23.5 Å². The lowest BCUT2D eigenvalue weighted by Crippen LogP contribution is -2.42. The summed E-state index contributed by atoms with van der Waals surface area (Å²) in [6.07, 6.45) is 7.88. The number of aliphatic hydroxyl groups is 1. The van der Waals surface area contributed by atoms with Gasteiger partial charge in [0.1, 0.15) is 5.75 Å². The molecule has 2 aliphatic heterocycles. The van der Waals surface area contributed by atoms with Crippen LogP contribution in [0.25, 0.3) is 16.7 Å². The molecule has 0 spiro atoms. The molecule has 0 aliphatic carbocycles. The topological polar surface area (TPSA) is 62.7 Å². The Hall–Kier alpha value is -3.77. The molecule has 0 saturated carbocycles. The van der Waals surface area contributed by atoms with Crippen molar-refractivity contribution in [2.24, 2.45) is 0 Å². The third kappa shape index (κ3) is 5.33. The molecule has 2 aliphatic rings. The Morgan fingerprint density at radius 1 is 0.925 bits per heavy atom. The van der Waals surface area contributed by atoms with E-state index in [0.29, 0.717) is 35.7 Å². The van der Waals surface area contributed by atoms with Crippen LogP contribution in [-0.2, 0) is 12.0 Å². The standard InChI is InChI=1S/C34H31ClN2O3/c35-27-14-12-26(13-15-27)34(39)16-20-37(21-17-34)19-5-7-24-22-31-30(28-8-2-1-6-25(28)23-38)9-3-11-32(31)40-33-29(24)10-4-18-36-33/h1-4,6-15,18,23,39H,5,16-17,19-22H2/b24-7-. The second kappa shape index (κ2) is 11.4. The number of hydrogen-bond donors (Lipinski definition) is 1. The minimum absolute atomic E-state index is 0.597. The van der Waals surface area contributed by atoms with Gasteiger partial charge in [0.15, 0.2) is 6.29 Å². The summed E-state index contributed by atoms with van der Waals surface area (Å²) in [5.74, 6) is 1.36. The van der Waals surface area contributed by atoms with E-state index < -0.39 is 5.60 Å². The zero-order chi connectivity index (χ0) is 27.5. The molecule has 1 N–H and O–H groups in total. The molecule has 6 rings (SSSR count). The number of aromatic nitrogens is 1. The van der Waals surface area contributed by atoms with E-state index in [4.69, 9.17) is 16.3 Å². The van der Waals surface area contributed by atoms with Gasteiger partial charge in [0.05, 0.1) is 5.60 Å². The summed E-state index contributed by atoms with van der Waals surface area (Å²) in [5.41, 5.74) is 5.88. The number of piperidine rings is 1. The fraction of sp³-hybridized carbons (Fsp3) is 0.235. The van der Waals surface area contributed by atoms with Crippen LogP contribution >= 0.6 is 11.6 Å². The number of nitrogens with zero attached hydrogens (tertiary/aromatic N) is 2. The second-order valence-electron chi connectivity index (χ2n) is 10.5. The van der Waals surface area contributed by atoms with Crippen LogP contribution in [0.5, 0.6) is 11.6 Å². The average Bonchev–Trinajstić information content (AvgIpc) is 3.15. The maximum atomic E-state index is 11.8. The monoisotopic (exact) mass is 550 g/mol. The molecule has 1 fully saturated rings. The van der Waals surface area contributed by atoms with Crippen LogP contribution in [0.1, 0.15) is 46.3 Å². The Kier molecular flexibility index (Phi) is 7.53. The third-order valence-electron chi connectivity index (χ3n) is 8.10. The second-order valence-corrected chi connectivity index (χ2v) is 11.0. The van der Waals surface area contributed by atoms with Gasteiger partial charge in [0.25, 0.3) is 0 Å². The lowest BCUT2D eigenvalue weighted by Gasteiger charge is -2.38. The number of fused-ring (bicyclic) bond motifs is 2. The van der Waals surface area contributed by atoms with E-state index in [1.807, 2.05) is 66.7 Å². The summed E-state index contributed by atoms with van der Waals surface area (Å²) in [6, 6.07) is 25.2. The van der Waals surface area contributed by atoms with Crippen LogP contribution < -0.4 is 4.74 Å². The molecule has 5 nitrogen and oxygen atoms in total. The van der Waals surface area contributed by atoms with Gasteiger partial charge in [-0.25, -0.2) is 4.98 Å². The third-order valence-corrected chi connectivity index (χ3v) is 8.35. The van der Waals surface area contributed by atoms with Gasteiger partial charge in [-0.2, -0.15) is 0 Å². The van der Waals surface area contributed by atoms with Gasteiger partial charge < -0.3 is 14.7 Å². The summed E-state index contributed by atoms with van der Waals surface area (Å²) in [6.45, 7) is 2.57. The van der Waals surface area contributed by atoms with E-state index in [0.717, 1.165) is 71.5 Å². The predicted molar refractivity (Wildman–Crippen MR) is 159 cm³/mol. The first-order chi connectivity index (χ1) is 19.5. The molecule has 4 aromatic rings. The molecule has 0 atom stereocenters. The van der Waals surface area contributed by atoms with E-state index >= 15 is 0 Å². The number of hydrogen-bond acceptors (Lipinski definition) is 5. The van der Waals surface area contributed by atoms with Crippen molar-refractivity contribution in [1.29, 1.82) is 0 Å². The number of carbonyl (C=O) groups excluding carboxylic acids is 1. The van der Waals surface area contributed by atoms with Crippen molar-refractivity contribution in [1.82, 2.24) is 9.88 Å². The van der Waals surface area contributed by atoms with Crippen LogP contribution in [0.2, 0.25) is 5.02 Å². The van der Waals surface area contributed by atoms with Gasteiger partial charge in [0.2, 0.25) is 5.88 Å². The number of rotatable bonds is 6.